The van der Waals surface area contributed by atoms with Gasteiger partial charge < -0.3 is 4.98 Å². The third-order valence-corrected chi connectivity index (χ3v) is 3.55. The summed E-state index contributed by atoms with van der Waals surface area (Å²) in [6.07, 6.45) is 3.57. The van der Waals surface area contributed by atoms with Gasteiger partial charge in [0, 0.05) is 22.2 Å². The van der Waals surface area contributed by atoms with Crippen molar-refractivity contribution in [3.63, 3.8) is 0 Å². The minimum Gasteiger partial charge on any atom is -0.329 e. The number of pyridine rings is 1. The summed E-state index contributed by atoms with van der Waals surface area (Å²) in [6, 6.07) is 9.19. The Labute approximate surface area is 103 Å². The van der Waals surface area contributed by atoms with Gasteiger partial charge >= 0.3 is 0 Å². The number of rotatable bonds is 2. The fraction of sp³-hybridized carbons (Fsp3) is 0.0833. The zero-order valence-corrected chi connectivity index (χ0v) is 10.2. The van der Waals surface area contributed by atoms with Gasteiger partial charge in [0.15, 0.2) is 0 Å². The Balaban J connectivity index is 2.70. The van der Waals surface area contributed by atoms with E-state index >= 15 is 0 Å². The van der Waals surface area contributed by atoms with Gasteiger partial charge in [0.2, 0.25) is 0 Å². The quantitative estimate of drug-likeness (QED) is 0.830. The average Bonchev–Trinajstić information content (AvgIpc) is 2.29. The van der Waals surface area contributed by atoms with E-state index in [0.717, 1.165) is 10.5 Å². The number of hydrogen-bond donors (Lipinski definition) is 1. The van der Waals surface area contributed by atoms with Gasteiger partial charge in [-0.05, 0) is 24.5 Å². The second-order valence-electron chi connectivity index (χ2n) is 3.23. The molecule has 0 spiro atoms. The lowest BCUT2D eigenvalue weighted by Crippen LogP contribution is -2.07. The largest absolute Gasteiger partial charge is 0.329 e. The lowest BCUT2D eigenvalue weighted by Gasteiger charge is -2.08. The predicted molar refractivity (Wildman–Crippen MR) is 69.3 cm³/mol. The third-order valence-electron chi connectivity index (χ3n) is 2.28. The van der Waals surface area contributed by atoms with Crippen LogP contribution in [0.1, 0.15) is 0 Å². The van der Waals surface area contributed by atoms with Crippen molar-refractivity contribution in [2.75, 3.05) is 6.26 Å². The molecule has 2 aromatic rings. The number of hydrogen-bond acceptors (Lipinski definition) is 2. The van der Waals surface area contributed by atoms with Crippen molar-refractivity contribution >= 4 is 23.4 Å². The lowest BCUT2D eigenvalue weighted by molar-refractivity contribution is 1.23. The minimum atomic E-state index is -0.0972. The van der Waals surface area contributed by atoms with Gasteiger partial charge in [0.1, 0.15) is 0 Å². The van der Waals surface area contributed by atoms with Crippen LogP contribution in [0.15, 0.2) is 46.2 Å². The zero-order valence-electron chi connectivity index (χ0n) is 8.66. The molecule has 82 valence electrons. The summed E-state index contributed by atoms with van der Waals surface area (Å²) in [5.74, 6) is 0. The van der Waals surface area contributed by atoms with Gasteiger partial charge in [-0.2, -0.15) is 0 Å². The van der Waals surface area contributed by atoms with Crippen molar-refractivity contribution in [2.24, 2.45) is 0 Å². The van der Waals surface area contributed by atoms with Crippen molar-refractivity contribution in [1.82, 2.24) is 4.98 Å². The fourth-order valence-electron chi connectivity index (χ4n) is 1.56. The molecular formula is C12H10ClNOS. The Morgan fingerprint density at radius 1 is 1.19 bits per heavy atom. The van der Waals surface area contributed by atoms with Crippen LogP contribution in [0.5, 0.6) is 0 Å². The van der Waals surface area contributed by atoms with Gasteiger partial charge in [-0.25, -0.2) is 0 Å². The topological polar surface area (TPSA) is 32.9 Å². The molecule has 1 heterocycles. The van der Waals surface area contributed by atoms with Crippen molar-refractivity contribution in [3.8, 4) is 11.1 Å². The minimum absolute atomic E-state index is 0.0972. The van der Waals surface area contributed by atoms with E-state index in [1.165, 1.54) is 0 Å². The van der Waals surface area contributed by atoms with Gasteiger partial charge in [0.25, 0.3) is 5.56 Å². The normalized spacial score (nSPS) is 10.4. The number of aromatic amines is 1. The molecule has 1 aromatic carbocycles. The number of benzene rings is 1. The molecule has 4 heteroatoms. The number of halogens is 1. The Morgan fingerprint density at radius 2 is 1.94 bits per heavy atom. The van der Waals surface area contributed by atoms with Crippen LogP contribution in [0.3, 0.4) is 0 Å². The highest BCUT2D eigenvalue weighted by Crippen LogP contribution is 2.34. The zero-order chi connectivity index (χ0) is 11.5. The molecule has 0 aliphatic rings. The van der Waals surface area contributed by atoms with Crippen LogP contribution in [0.2, 0.25) is 5.02 Å². The molecule has 0 atom stereocenters. The van der Waals surface area contributed by atoms with Gasteiger partial charge in [-0.3, -0.25) is 4.79 Å². The van der Waals surface area contributed by atoms with E-state index in [9.17, 15) is 4.79 Å². The van der Waals surface area contributed by atoms with E-state index in [1.807, 2.05) is 30.5 Å². The predicted octanol–water partition coefficient (Wildman–Crippen LogP) is 3.42. The molecule has 0 amide bonds. The maximum Gasteiger partial charge on any atom is 0.255 e. The summed E-state index contributed by atoms with van der Waals surface area (Å²) in [7, 11) is 0. The van der Waals surface area contributed by atoms with Crippen molar-refractivity contribution in [2.45, 2.75) is 4.90 Å². The first-order valence-corrected chi connectivity index (χ1v) is 6.35. The van der Waals surface area contributed by atoms with Crippen LogP contribution in [-0.2, 0) is 0 Å². The van der Waals surface area contributed by atoms with Crippen LogP contribution < -0.4 is 5.56 Å². The van der Waals surface area contributed by atoms with E-state index < -0.39 is 0 Å². The Hall–Kier alpha value is -1.19. The van der Waals surface area contributed by atoms with E-state index in [4.69, 9.17) is 11.6 Å². The molecule has 0 saturated carbocycles. The Kier molecular flexibility index (Phi) is 3.36. The van der Waals surface area contributed by atoms with Crippen molar-refractivity contribution in [3.05, 3.63) is 51.9 Å². The van der Waals surface area contributed by atoms with Crippen LogP contribution in [0.4, 0.5) is 0 Å². The van der Waals surface area contributed by atoms with Crippen LogP contribution in [0, 0.1) is 0 Å². The molecule has 0 fully saturated rings. The van der Waals surface area contributed by atoms with E-state index in [1.54, 1.807) is 24.0 Å². The summed E-state index contributed by atoms with van der Waals surface area (Å²) < 4.78 is 0. The highest BCUT2D eigenvalue weighted by atomic mass is 35.5. The summed E-state index contributed by atoms with van der Waals surface area (Å²) >= 11 is 7.64. The van der Waals surface area contributed by atoms with Crippen LogP contribution >= 0.6 is 23.4 Å². The van der Waals surface area contributed by atoms with E-state index in [2.05, 4.69) is 4.98 Å². The highest BCUT2D eigenvalue weighted by Gasteiger charge is 2.10. The highest BCUT2D eigenvalue weighted by molar-refractivity contribution is 7.98. The molecular weight excluding hydrogens is 242 g/mol. The maximum absolute atomic E-state index is 11.7. The SMILES string of the molecule is CSc1c(Cl)cccc1-c1ccc[nH]c1=O. The summed E-state index contributed by atoms with van der Waals surface area (Å²) in [5.41, 5.74) is 1.43. The van der Waals surface area contributed by atoms with Gasteiger partial charge in [0.05, 0.1) is 5.02 Å². The van der Waals surface area contributed by atoms with Crippen molar-refractivity contribution < 1.29 is 0 Å². The molecule has 0 aliphatic carbocycles. The molecule has 0 bridgehead atoms. The van der Waals surface area contributed by atoms with E-state index in [-0.39, 0.29) is 5.56 Å². The van der Waals surface area contributed by atoms with Gasteiger partial charge in [-0.15, -0.1) is 11.8 Å². The molecule has 2 nitrogen and oxygen atoms in total. The van der Waals surface area contributed by atoms with Crippen LogP contribution in [-0.4, -0.2) is 11.2 Å². The smallest absolute Gasteiger partial charge is 0.255 e. The molecule has 1 N–H and O–H groups in total. The first-order valence-electron chi connectivity index (χ1n) is 4.74. The molecule has 1 aromatic heterocycles. The monoisotopic (exact) mass is 251 g/mol. The first-order chi connectivity index (χ1) is 7.74. The molecule has 0 saturated heterocycles. The molecule has 0 unspecified atom stereocenters. The van der Waals surface area contributed by atoms with Crippen molar-refractivity contribution in [1.29, 1.82) is 0 Å². The Bertz CT molecular complexity index is 565. The molecule has 0 radical (unpaired) electrons. The van der Waals surface area contributed by atoms with E-state index in [0.29, 0.717) is 10.6 Å². The molecule has 2 rings (SSSR count). The van der Waals surface area contributed by atoms with Gasteiger partial charge in [-0.1, -0.05) is 23.7 Å². The summed E-state index contributed by atoms with van der Waals surface area (Å²) in [4.78, 5) is 15.3. The maximum atomic E-state index is 11.7. The number of thioether (sulfide) groups is 1. The second-order valence-corrected chi connectivity index (χ2v) is 4.46. The number of nitrogens with one attached hydrogen (secondary N) is 1. The summed E-state index contributed by atoms with van der Waals surface area (Å²) in [5, 5.41) is 0.674. The van der Waals surface area contributed by atoms with Crippen LogP contribution in [0.25, 0.3) is 11.1 Å². The number of aromatic nitrogens is 1. The fourth-order valence-corrected chi connectivity index (χ4v) is 2.63. The molecule has 0 aliphatic heterocycles. The lowest BCUT2D eigenvalue weighted by atomic mass is 10.1. The average molecular weight is 252 g/mol. The third kappa shape index (κ3) is 2.01. The standard InChI is InChI=1S/C12H10ClNOS/c1-16-11-8(4-2-6-10(11)13)9-5-3-7-14-12(9)15/h2-7H,1H3,(H,14,15). The first kappa shape index (κ1) is 11.3. The Morgan fingerprint density at radius 3 is 2.62 bits per heavy atom. The second kappa shape index (κ2) is 4.76. The summed E-state index contributed by atoms with van der Waals surface area (Å²) in [6.45, 7) is 0. The molecule has 16 heavy (non-hydrogen) atoms. The number of H-pyrrole nitrogens is 1.